The number of thiophene rings is 1. The lowest BCUT2D eigenvalue weighted by atomic mass is 10.3. The Bertz CT molecular complexity index is 524. The number of rotatable bonds is 6. The number of hydrogen-bond acceptors (Lipinski definition) is 3. The lowest BCUT2D eigenvalue weighted by molar-refractivity contribution is 0.622. The van der Waals surface area contributed by atoms with Crippen molar-refractivity contribution in [1.29, 1.82) is 0 Å². The fourth-order valence-corrected chi connectivity index (χ4v) is 2.97. The highest BCUT2D eigenvalue weighted by molar-refractivity contribution is 7.12. The zero-order chi connectivity index (χ0) is 13.7. The second kappa shape index (κ2) is 6.68. The molecule has 102 valence electrons. The summed E-state index contributed by atoms with van der Waals surface area (Å²) in [4.78, 5) is 4.51. The van der Waals surface area contributed by atoms with Crippen LogP contribution in [0.1, 0.15) is 16.7 Å². The van der Waals surface area contributed by atoms with Crippen LogP contribution in [-0.2, 0) is 13.1 Å². The summed E-state index contributed by atoms with van der Waals surface area (Å²) in [5.74, 6) is -0.172. The highest BCUT2D eigenvalue weighted by Crippen LogP contribution is 2.23. The number of nitrogens with one attached hydrogen (secondary N) is 1. The van der Waals surface area contributed by atoms with Crippen LogP contribution in [0.3, 0.4) is 0 Å². The smallest absolute Gasteiger partial charge is 0.146 e. The minimum Gasteiger partial charge on any atom is -0.367 e. The molecule has 0 spiro atoms. The van der Waals surface area contributed by atoms with Crippen molar-refractivity contribution in [3.05, 3.63) is 52.0 Å². The SMILES string of the molecule is CCNCc1ccc(CN(C)c2ccccc2F)s1. The molecule has 0 aliphatic rings. The lowest BCUT2D eigenvalue weighted by Crippen LogP contribution is -2.16. The van der Waals surface area contributed by atoms with E-state index in [4.69, 9.17) is 0 Å². The van der Waals surface area contributed by atoms with Crippen molar-refractivity contribution in [1.82, 2.24) is 5.32 Å². The average molecular weight is 278 g/mol. The zero-order valence-electron chi connectivity index (χ0n) is 11.3. The summed E-state index contributed by atoms with van der Waals surface area (Å²) in [6.45, 7) is 4.71. The van der Waals surface area contributed by atoms with Crippen molar-refractivity contribution in [2.24, 2.45) is 0 Å². The van der Waals surface area contributed by atoms with Crippen LogP contribution in [0.4, 0.5) is 10.1 Å². The number of anilines is 1. The van der Waals surface area contributed by atoms with Gasteiger partial charge in [0.2, 0.25) is 0 Å². The predicted octanol–water partition coefficient (Wildman–Crippen LogP) is 3.63. The van der Waals surface area contributed by atoms with Gasteiger partial charge in [0.05, 0.1) is 12.2 Å². The molecule has 0 unspecified atom stereocenters. The van der Waals surface area contributed by atoms with Gasteiger partial charge in [-0.15, -0.1) is 11.3 Å². The first-order valence-electron chi connectivity index (χ1n) is 6.44. The summed E-state index contributed by atoms with van der Waals surface area (Å²) < 4.78 is 13.7. The quantitative estimate of drug-likeness (QED) is 0.868. The molecule has 0 atom stereocenters. The molecule has 19 heavy (non-hydrogen) atoms. The molecule has 2 rings (SSSR count). The Kier molecular flexibility index (Phi) is 4.93. The second-order valence-electron chi connectivity index (χ2n) is 4.46. The van der Waals surface area contributed by atoms with Gasteiger partial charge in [-0.25, -0.2) is 4.39 Å². The third kappa shape index (κ3) is 3.78. The summed E-state index contributed by atoms with van der Waals surface area (Å²) in [6, 6.07) is 11.1. The van der Waals surface area contributed by atoms with Gasteiger partial charge in [-0.2, -0.15) is 0 Å². The van der Waals surface area contributed by atoms with Crippen LogP contribution < -0.4 is 10.2 Å². The zero-order valence-corrected chi connectivity index (χ0v) is 12.1. The van der Waals surface area contributed by atoms with E-state index < -0.39 is 0 Å². The standard InChI is InChI=1S/C15H19FN2S/c1-3-17-10-12-8-9-13(19-12)11-18(2)15-7-5-4-6-14(15)16/h4-9,17H,3,10-11H2,1-2H3. The molecule has 1 aromatic heterocycles. The Labute approximate surface area is 117 Å². The van der Waals surface area contributed by atoms with Gasteiger partial charge in [0.15, 0.2) is 0 Å². The van der Waals surface area contributed by atoms with Gasteiger partial charge in [0.1, 0.15) is 5.82 Å². The molecular formula is C15H19FN2S. The topological polar surface area (TPSA) is 15.3 Å². The minimum atomic E-state index is -0.172. The number of nitrogens with zero attached hydrogens (tertiary/aromatic N) is 1. The van der Waals surface area contributed by atoms with Crippen LogP contribution >= 0.6 is 11.3 Å². The van der Waals surface area contributed by atoms with E-state index in [1.165, 1.54) is 15.8 Å². The third-order valence-corrected chi connectivity index (χ3v) is 3.99. The fraction of sp³-hybridized carbons (Fsp3) is 0.333. The molecule has 0 amide bonds. The first kappa shape index (κ1) is 14.0. The normalized spacial score (nSPS) is 10.7. The summed E-state index contributed by atoms with van der Waals surface area (Å²) in [5.41, 5.74) is 0.643. The molecule has 0 saturated heterocycles. The molecule has 0 fully saturated rings. The fourth-order valence-electron chi connectivity index (χ4n) is 1.93. The van der Waals surface area contributed by atoms with Gasteiger partial charge in [0, 0.05) is 23.3 Å². The number of para-hydroxylation sites is 1. The van der Waals surface area contributed by atoms with Gasteiger partial charge in [-0.1, -0.05) is 19.1 Å². The van der Waals surface area contributed by atoms with E-state index in [-0.39, 0.29) is 5.82 Å². The predicted molar refractivity (Wildman–Crippen MR) is 80.2 cm³/mol. The largest absolute Gasteiger partial charge is 0.367 e. The van der Waals surface area contributed by atoms with Gasteiger partial charge in [0.25, 0.3) is 0 Å². The van der Waals surface area contributed by atoms with Crippen LogP contribution in [0.2, 0.25) is 0 Å². The Morgan fingerprint density at radius 1 is 1.16 bits per heavy atom. The molecule has 0 bridgehead atoms. The van der Waals surface area contributed by atoms with Crippen LogP contribution in [0.5, 0.6) is 0 Å². The highest BCUT2D eigenvalue weighted by Gasteiger charge is 2.08. The van der Waals surface area contributed by atoms with E-state index in [1.54, 1.807) is 17.4 Å². The van der Waals surface area contributed by atoms with Gasteiger partial charge in [-0.3, -0.25) is 0 Å². The van der Waals surface area contributed by atoms with Crippen molar-refractivity contribution in [2.45, 2.75) is 20.0 Å². The van der Waals surface area contributed by atoms with Crippen LogP contribution in [0.25, 0.3) is 0 Å². The molecule has 1 N–H and O–H groups in total. The first-order chi connectivity index (χ1) is 9.20. The summed E-state index contributed by atoms with van der Waals surface area (Å²) in [7, 11) is 1.92. The Morgan fingerprint density at radius 3 is 2.63 bits per heavy atom. The number of halogens is 1. The van der Waals surface area contributed by atoms with E-state index in [9.17, 15) is 4.39 Å². The maximum absolute atomic E-state index is 13.7. The number of benzene rings is 1. The highest BCUT2D eigenvalue weighted by atomic mass is 32.1. The summed E-state index contributed by atoms with van der Waals surface area (Å²) >= 11 is 1.78. The molecule has 1 heterocycles. The molecule has 0 saturated carbocycles. The Balaban J connectivity index is 2.01. The van der Waals surface area contributed by atoms with E-state index >= 15 is 0 Å². The van der Waals surface area contributed by atoms with E-state index in [0.29, 0.717) is 5.69 Å². The van der Waals surface area contributed by atoms with Gasteiger partial charge < -0.3 is 10.2 Å². The van der Waals surface area contributed by atoms with Crippen LogP contribution in [-0.4, -0.2) is 13.6 Å². The molecular weight excluding hydrogens is 259 g/mol. The molecule has 0 radical (unpaired) electrons. The van der Waals surface area contributed by atoms with Crippen LogP contribution in [0.15, 0.2) is 36.4 Å². The maximum Gasteiger partial charge on any atom is 0.146 e. The molecule has 0 aliphatic heterocycles. The average Bonchev–Trinajstić information content (AvgIpc) is 2.84. The molecule has 1 aromatic carbocycles. The Hall–Kier alpha value is -1.39. The van der Waals surface area contributed by atoms with Crippen molar-refractivity contribution < 1.29 is 4.39 Å². The molecule has 2 aromatic rings. The van der Waals surface area contributed by atoms with Crippen molar-refractivity contribution in [3.63, 3.8) is 0 Å². The maximum atomic E-state index is 13.7. The van der Waals surface area contributed by atoms with E-state index in [1.807, 2.05) is 24.1 Å². The monoisotopic (exact) mass is 278 g/mol. The summed E-state index contributed by atoms with van der Waals surface area (Å²) in [6.07, 6.45) is 0. The second-order valence-corrected chi connectivity index (χ2v) is 5.71. The molecule has 2 nitrogen and oxygen atoms in total. The van der Waals surface area contributed by atoms with Crippen molar-refractivity contribution in [2.75, 3.05) is 18.5 Å². The minimum absolute atomic E-state index is 0.172. The van der Waals surface area contributed by atoms with E-state index in [0.717, 1.165) is 19.6 Å². The first-order valence-corrected chi connectivity index (χ1v) is 7.26. The van der Waals surface area contributed by atoms with E-state index in [2.05, 4.69) is 24.4 Å². The summed E-state index contributed by atoms with van der Waals surface area (Å²) in [5, 5.41) is 3.31. The molecule has 0 aliphatic carbocycles. The number of hydrogen-bond donors (Lipinski definition) is 1. The van der Waals surface area contributed by atoms with Crippen molar-refractivity contribution >= 4 is 17.0 Å². The van der Waals surface area contributed by atoms with Gasteiger partial charge in [-0.05, 0) is 30.8 Å². The van der Waals surface area contributed by atoms with Crippen molar-refractivity contribution in [3.8, 4) is 0 Å². The third-order valence-electron chi connectivity index (χ3n) is 2.92. The molecule has 4 heteroatoms. The van der Waals surface area contributed by atoms with Crippen LogP contribution in [0, 0.1) is 5.82 Å². The Morgan fingerprint density at radius 2 is 1.89 bits per heavy atom. The van der Waals surface area contributed by atoms with Gasteiger partial charge >= 0.3 is 0 Å². The lowest BCUT2D eigenvalue weighted by Gasteiger charge is -2.18.